The Bertz CT molecular complexity index is 748. The molecule has 0 atom stereocenters. The first-order valence-corrected chi connectivity index (χ1v) is 8.99. The second-order valence-corrected chi connectivity index (χ2v) is 6.28. The lowest BCUT2D eigenvalue weighted by atomic mass is 10.2. The molecule has 1 aromatic heterocycles. The molecular formula is C17H21N5O3S. The summed E-state index contributed by atoms with van der Waals surface area (Å²) >= 11 is 1.30. The first-order chi connectivity index (χ1) is 12.5. The number of nitrogens with one attached hydrogen (secondary N) is 4. The Morgan fingerprint density at radius 2 is 1.77 bits per heavy atom. The molecule has 4 N–H and O–H groups in total. The number of anilines is 2. The van der Waals surface area contributed by atoms with Crippen molar-refractivity contribution >= 4 is 40.0 Å². The topological polar surface area (TPSA) is 112 Å². The van der Waals surface area contributed by atoms with Crippen molar-refractivity contribution in [2.75, 3.05) is 23.7 Å². The van der Waals surface area contributed by atoms with E-state index in [1.807, 2.05) is 23.6 Å². The third-order valence-electron chi connectivity index (χ3n) is 3.23. The van der Waals surface area contributed by atoms with Crippen LogP contribution in [-0.2, 0) is 16.0 Å². The molecule has 1 heterocycles. The van der Waals surface area contributed by atoms with Crippen LogP contribution in [-0.4, -0.2) is 35.9 Å². The number of rotatable bonds is 8. The molecule has 26 heavy (non-hydrogen) atoms. The molecular weight excluding hydrogens is 354 g/mol. The average Bonchev–Trinajstić information content (AvgIpc) is 3.05. The number of aromatic nitrogens is 1. The highest BCUT2D eigenvalue weighted by atomic mass is 32.1. The summed E-state index contributed by atoms with van der Waals surface area (Å²) in [5.41, 5.74) is 1.43. The van der Waals surface area contributed by atoms with E-state index in [1.54, 1.807) is 12.1 Å². The zero-order chi connectivity index (χ0) is 18.8. The molecule has 2 aromatic rings. The van der Waals surface area contributed by atoms with Gasteiger partial charge in [-0.3, -0.25) is 14.9 Å². The minimum absolute atomic E-state index is 0.111. The van der Waals surface area contributed by atoms with Crippen LogP contribution in [0.3, 0.4) is 0 Å². The minimum Gasteiger partial charge on any atom is -0.355 e. The van der Waals surface area contributed by atoms with Crippen LogP contribution in [0.25, 0.3) is 0 Å². The lowest BCUT2D eigenvalue weighted by Gasteiger charge is -2.05. The molecule has 0 spiro atoms. The number of thiazole rings is 1. The summed E-state index contributed by atoms with van der Waals surface area (Å²) in [5.74, 6) is -0.238. The van der Waals surface area contributed by atoms with Crippen molar-refractivity contribution in [2.24, 2.45) is 0 Å². The van der Waals surface area contributed by atoms with Crippen molar-refractivity contribution < 1.29 is 14.4 Å². The predicted octanol–water partition coefficient (Wildman–Crippen LogP) is 1.97. The number of amides is 4. The van der Waals surface area contributed by atoms with Crippen molar-refractivity contribution in [2.45, 2.75) is 19.8 Å². The van der Waals surface area contributed by atoms with Gasteiger partial charge >= 0.3 is 6.03 Å². The van der Waals surface area contributed by atoms with Crippen molar-refractivity contribution in [3.8, 4) is 0 Å². The second kappa shape index (κ2) is 10.1. The number of carbonyl (C=O) groups is 3. The van der Waals surface area contributed by atoms with Crippen LogP contribution >= 0.6 is 11.3 Å². The number of urea groups is 1. The van der Waals surface area contributed by atoms with Crippen LogP contribution in [0, 0.1) is 0 Å². The number of nitrogens with zero attached hydrogens (tertiary/aromatic N) is 1. The van der Waals surface area contributed by atoms with Gasteiger partial charge in [0.15, 0.2) is 5.13 Å². The number of benzene rings is 1. The number of para-hydroxylation sites is 1. The Hall–Kier alpha value is -2.94. The molecule has 2 rings (SSSR count). The van der Waals surface area contributed by atoms with Gasteiger partial charge in [0.2, 0.25) is 11.8 Å². The molecule has 0 unspecified atom stereocenters. The van der Waals surface area contributed by atoms with Gasteiger partial charge in [0.05, 0.1) is 5.69 Å². The van der Waals surface area contributed by atoms with E-state index in [0.717, 1.165) is 5.69 Å². The number of carbonyl (C=O) groups excluding carboxylic acids is 3. The van der Waals surface area contributed by atoms with Crippen LogP contribution in [0.4, 0.5) is 15.6 Å². The normalized spacial score (nSPS) is 10.0. The first-order valence-electron chi connectivity index (χ1n) is 8.11. The highest BCUT2D eigenvalue weighted by Crippen LogP contribution is 2.17. The summed E-state index contributed by atoms with van der Waals surface area (Å²) in [6.45, 7) is 2.22. The maximum atomic E-state index is 11.9. The predicted molar refractivity (Wildman–Crippen MR) is 101 cm³/mol. The Labute approximate surface area is 155 Å². The molecule has 138 valence electrons. The number of hydrogen-bond acceptors (Lipinski definition) is 5. The molecule has 8 nitrogen and oxygen atoms in total. The van der Waals surface area contributed by atoms with Crippen LogP contribution in [0.1, 0.15) is 19.0 Å². The van der Waals surface area contributed by atoms with Crippen molar-refractivity contribution in [1.29, 1.82) is 0 Å². The van der Waals surface area contributed by atoms with E-state index in [-0.39, 0.29) is 17.8 Å². The molecule has 0 aliphatic rings. The van der Waals surface area contributed by atoms with Crippen LogP contribution in [0.15, 0.2) is 35.7 Å². The fraction of sp³-hybridized carbons (Fsp3) is 0.294. The molecule has 0 aliphatic heterocycles. The zero-order valence-electron chi connectivity index (χ0n) is 14.4. The van der Waals surface area contributed by atoms with Gasteiger partial charge in [0.1, 0.15) is 0 Å². The van der Waals surface area contributed by atoms with Gasteiger partial charge in [0.25, 0.3) is 0 Å². The van der Waals surface area contributed by atoms with E-state index in [1.165, 1.54) is 18.3 Å². The van der Waals surface area contributed by atoms with E-state index in [2.05, 4.69) is 26.3 Å². The summed E-state index contributed by atoms with van der Waals surface area (Å²) in [4.78, 5) is 38.6. The highest BCUT2D eigenvalue weighted by molar-refractivity contribution is 7.13. The van der Waals surface area contributed by atoms with Gasteiger partial charge in [-0.2, -0.15) is 0 Å². The lowest BCUT2D eigenvalue weighted by molar-refractivity contribution is -0.122. The highest BCUT2D eigenvalue weighted by Gasteiger charge is 2.08. The van der Waals surface area contributed by atoms with E-state index < -0.39 is 0 Å². The Morgan fingerprint density at radius 1 is 1.04 bits per heavy atom. The van der Waals surface area contributed by atoms with E-state index >= 15 is 0 Å². The number of aryl methyl sites for hydroxylation is 1. The minimum atomic E-state index is -0.368. The third kappa shape index (κ3) is 7.31. The summed E-state index contributed by atoms with van der Waals surface area (Å²) in [7, 11) is 0. The molecule has 0 bridgehead atoms. The molecule has 0 saturated heterocycles. The molecule has 0 radical (unpaired) electrons. The van der Waals surface area contributed by atoms with Crippen LogP contribution < -0.4 is 21.3 Å². The van der Waals surface area contributed by atoms with Crippen LogP contribution in [0.5, 0.6) is 0 Å². The van der Waals surface area contributed by atoms with Crippen molar-refractivity contribution in [1.82, 2.24) is 15.6 Å². The maximum absolute atomic E-state index is 11.9. The zero-order valence-corrected chi connectivity index (χ0v) is 15.2. The van der Waals surface area contributed by atoms with E-state index in [0.29, 0.717) is 36.8 Å². The van der Waals surface area contributed by atoms with Gasteiger partial charge in [-0.15, -0.1) is 11.3 Å². The van der Waals surface area contributed by atoms with Crippen LogP contribution in [0.2, 0.25) is 0 Å². The maximum Gasteiger partial charge on any atom is 0.325 e. The third-order valence-corrected chi connectivity index (χ3v) is 4.04. The van der Waals surface area contributed by atoms with Crippen molar-refractivity contribution in [3.63, 3.8) is 0 Å². The van der Waals surface area contributed by atoms with Gasteiger partial charge in [-0.1, -0.05) is 18.2 Å². The van der Waals surface area contributed by atoms with Gasteiger partial charge in [0, 0.05) is 37.5 Å². The Morgan fingerprint density at radius 3 is 2.50 bits per heavy atom. The van der Waals surface area contributed by atoms with E-state index in [9.17, 15) is 14.4 Å². The SMILES string of the molecule is CC(=O)NCCNC(=O)CCc1csc(NC(=O)Nc2ccccc2)n1. The molecule has 4 amide bonds. The van der Waals surface area contributed by atoms with Gasteiger partial charge < -0.3 is 16.0 Å². The quantitative estimate of drug-likeness (QED) is 0.528. The molecule has 0 saturated carbocycles. The van der Waals surface area contributed by atoms with E-state index in [4.69, 9.17) is 0 Å². The van der Waals surface area contributed by atoms with Crippen molar-refractivity contribution in [3.05, 3.63) is 41.4 Å². The number of hydrogen-bond donors (Lipinski definition) is 4. The van der Waals surface area contributed by atoms with Gasteiger partial charge in [-0.05, 0) is 18.6 Å². The smallest absolute Gasteiger partial charge is 0.325 e. The standard InChI is InChI=1S/C17H21N5O3S/c1-12(23)18-9-10-19-15(24)8-7-14-11-26-17(21-14)22-16(25)20-13-5-3-2-4-6-13/h2-6,11H,7-10H2,1H3,(H,18,23)(H,19,24)(H2,20,21,22,25). The average molecular weight is 375 g/mol. The first kappa shape index (κ1) is 19.4. The summed E-state index contributed by atoms with van der Waals surface area (Å²) < 4.78 is 0. The van der Waals surface area contributed by atoms with Gasteiger partial charge in [-0.25, -0.2) is 9.78 Å². The Kier molecular flexibility index (Phi) is 7.56. The second-order valence-electron chi connectivity index (χ2n) is 5.42. The molecule has 0 fully saturated rings. The lowest BCUT2D eigenvalue weighted by Crippen LogP contribution is -2.33. The molecule has 0 aliphatic carbocycles. The fourth-order valence-electron chi connectivity index (χ4n) is 2.03. The summed E-state index contributed by atoms with van der Waals surface area (Å²) in [6, 6.07) is 8.74. The molecule has 1 aromatic carbocycles. The summed E-state index contributed by atoms with van der Waals surface area (Å²) in [6.07, 6.45) is 0.768. The largest absolute Gasteiger partial charge is 0.355 e. The monoisotopic (exact) mass is 375 g/mol. The summed E-state index contributed by atoms with van der Waals surface area (Å²) in [5, 5.41) is 13.0. The Balaban J connectivity index is 1.69. The fourth-order valence-corrected chi connectivity index (χ4v) is 2.77. The molecule has 9 heteroatoms.